The Balaban J connectivity index is 3.14. The van der Waals surface area contributed by atoms with Gasteiger partial charge in [-0.3, -0.25) is 19.7 Å². The van der Waals surface area contributed by atoms with Gasteiger partial charge in [-0.25, -0.2) is 0 Å². The third-order valence-electron chi connectivity index (χ3n) is 1.99. The molecule has 0 N–H and O–H groups in total. The number of ether oxygens (including phenoxy) is 2. The smallest absolute Gasteiger partial charge is 0.305 e. The highest BCUT2D eigenvalue weighted by Gasteiger charge is 2.22. The maximum Gasteiger partial charge on any atom is 0.305 e. The summed E-state index contributed by atoms with van der Waals surface area (Å²) in [6.07, 6.45) is -1.34. The summed E-state index contributed by atoms with van der Waals surface area (Å²) in [5.41, 5.74) is -0.232. The van der Waals surface area contributed by atoms with Crippen LogP contribution in [0.15, 0.2) is 18.2 Å². The fourth-order valence-electron chi connectivity index (χ4n) is 1.28. The van der Waals surface area contributed by atoms with Crippen molar-refractivity contribution in [2.45, 2.75) is 20.1 Å². The fraction of sp³-hybridized carbons (Fsp3) is 0.273. The third-order valence-corrected chi connectivity index (χ3v) is 2.30. The molecule has 1 aromatic rings. The van der Waals surface area contributed by atoms with Crippen LogP contribution in [-0.2, 0) is 19.1 Å². The number of halogens is 1. The summed E-state index contributed by atoms with van der Waals surface area (Å²) in [5, 5.41) is 10.7. The molecule has 102 valence electrons. The molecule has 1 aromatic carbocycles. The number of hydrogen-bond acceptors (Lipinski definition) is 6. The van der Waals surface area contributed by atoms with Crippen LogP contribution in [0.2, 0.25) is 5.02 Å². The monoisotopic (exact) mass is 287 g/mol. The fourth-order valence-corrected chi connectivity index (χ4v) is 1.46. The van der Waals surface area contributed by atoms with Crippen molar-refractivity contribution in [1.29, 1.82) is 0 Å². The van der Waals surface area contributed by atoms with Gasteiger partial charge in [0.25, 0.3) is 12.0 Å². The molecule has 0 saturated carbocycles. The van der Waals surface area contributed by atoms with E-state index in [1.165, 1.54) is 12.1 Å². The number of nitrogens with zero attached hydrogens (tertiary/aromatic N) is 1. The van der Waals surface area contributed by atoms with Crippen LogP contribution in [0.3, 0.4) is 0 Å². The SMILES string of the molecule is CC(=O)OC(OC(C)=O)c1ccc(Cl)c([N+](=O)[O-])c1. The minimum atomic E-state index is -1.34. The molecule has 0 aliphatic heterocycles. The number of hydrogen-bond donors (Lipinski definition) is 0. The van der Waals surface area contributed by atoms with Crippen LogP contribution in [0, 0.1) is 10.1 Å². The number of rotatable bonds is 4. The van der Waals surface area contributed by atoms with Crippen molar-refractivity contribution in [3.05, 3.63) is 38.9 Å². The molecule has 0 bridgehead atoms. The topological polar surface area (TPSA) is 95.7 Å². The molecule has 7 nitrogen and oxygen atoms in total. The van der Waals surface area contributed by atoms with Crippen molar-refractivity contribution in [3.63, 3.8) is 0 Å². The second-order valence-electron chi connectivity index (χ2n) is 3.52. The quantitative estimate of drug-likeness (QED) is 0.365. The van der Waals surface area contributed by atoms with E-state index in [0.717, 1.165) is 19.9 Å². The molecule has 0 aromatic heterocycles. The van der Waals surface area contributed by atoms with E-state index in [1.807, 2.05) is 0 Å². The zero-order chi connectivity index (χ0) is 14.6. The molecule has 0 heterocycles. The summed E-state index contributed by atoms with van der Waals surface area (Å²) in [6, 6.07) is 3.71. The summed E-state index contributed by atoms with van der Waals surface area (Å²) in [6.45, 7) is 2.25. The first-order valence-electron chi connectivity index (χ1n) is 5.09. The van der Waals surface area contributed by atoms with Crippen molar-refractivity contribution in [3.8, 4) is 0 Å². The van der Waals surface area contributed by atoms with Crippen molar-refractivity contribution in [2.75, 3.05) is 0 Å². The zero-order valence-electron chi connectivity index (χ0n) is 10.1. The van der Waals surface area contributed by atoms with Crippen molar-refractivity contribution in [2.24, 2.45) is 0 Å². The van der Waals surface area contributed by atoms with Gasteiger partial charge in [-0.2, -0.15) is 0 Å². The summed E-state index contributed by atoms with van der Waals surface area (Å²) in [5.74, 6) is -1.38. The molecule has 1 rings (SSSR count). The number of nitro benzene ring substituents is 1. The predicted octanol–water partition coefficient (Wildman–Crippen LogP) is 2.37. The lowest BCUT2D eigenvalue weighted by Crippen LogP contribution is -2.15. The van der Waals surface area contributed by atoms with E-state index in [4.69, 9.17) is 21.1 Å². The largest absolute Gasteiger partial charge is 0.421 e. The van der Waals surface area contributed by atoms with Crippen molar-refractivity contribution >= 4 is 29.2 Å². The highest BCUT2D eigenvalue weighted by molar-refractivity contribution is 6.32. The van der Waals surface area contributed by atoms with Crippen molar-refractivity contribution < 1.29 is 24.0 Å². The Morgan fingerprint density at radius 3 is 2.21 bits per heavy atom. The Morgan fingerprint density at radius 2 is 1.79 bits per heavy atom. The average Bonchev–Trinajstić information content (AvgIpc) is 2.27. The molecule has 0 radical (unpaired) electrons. The second-order valence-corrected chi connectivity index (χ2v) is 3.93. The van der Waals surface area contributed by atoms with Gasteiger partial charge < -0.3 is 9.47 Å². The van der Waals surface area contributed by atoms with Crippen LogP contribution in [-0.4, -0.2) is 16.9 Å². The lowest BCUT2D eigenvalue weighted by Gasteiger charge is -2.16. The zero-order valence-corrected chi connectivity index (χ0v) is 10.8. The lowest BCUT2D eigenvalue weighted by atomic mass is 10.2. The molecule has 0 fully saturated rings. The van der Waals surface area contributed by atoms with Gasteiger partial charge in [-0.05, 0) is 12.1 Å². The van der Waals surface area contributed by atoms with Crippen molar-refractivity contribution in [1.82, 2.24) is 0 Å². The van der Waals surface area contributed by atoms with Gasteiger partial charge in [0, 0.05) is 25.5 Å². The standard InChI is InChI=1S/C11H10ClNO6/c1-6(14)18-11(19-7(2)15)8-3-4-9(12)10(5-8)13(16)17/h3-5,11H,1-2H3. The lowest BCUT2D eigenvalue weighted by molar-refractivity contribution is -0.384. The number of nitro groups is 1. The van der Waals surface area contributed by atoms with E-state index in [2.05, 4.69) is 0 Å². The molecule has 19 heavy (non-hydrogen) atoms. The molecule has 0 aliphatic carbocycles. The van der Waals surface area contributed by atoms with Gasteiger partial charge in [0.1, 0.15) is 5.02 Å². The first-order chi connectivity index (χ1) is 8.81. The summed E-state index contributed by atoms with van der Waals surface area (Å²) >= 11 is 5.65. The molecule has 8 heteroatoms. The van der Waals surface area contributed by atoms with Crippen LogP contribution >= 0.6 is 11.6 Å². The Morgan fingerprint density at radius 1 is 1.26 bits per heavy atom. The summed E-state index contributed by atoms with van der Waals surface area (Å²) in [4.78, 5) is 31.9. The van der Waals surface area contributed by atoms with Gasteiger partial charge in [0.15, 0.2) is 0 Å². The molecule has 0 amide bonds. The van der Waals surface area contributed by atoms with E-state index < -0.39 is 23.2 Å². The first kappa shape index (κ1) is 14.9. The van der Waals surface area contributed by atoms with Crippen LogP contribution in [0.5, 0.6) is 0 Å². The second kappa shape index (κ2) is 6.14. The minimum absolute atomic E-state index is 0.0712. The van der Waals surface area contributed by atoms with Crippen LogP contribution in [0.4, 0.5) is 5.69 Å². The molecule has 0 atom stereocenters. The Hall–Kier alpha value is -2.15. The van der Waals surface area contributed by atoms with Gasteiger partial charge in [-0.1, -0.05) is 11.6 Å². The Labute approximate surface area is 113 Å². The number of esters is 2. The molecule has 0 spiro atoms. The molecule has 0 saturated heterocycles. The highest BCUT2D eigenvalue weighted by atomic mass is 35.5. The van der Waals surface area contributed by atoms with Crippen LogP contribution in [0.1, 0.15) is 25.7 Å². The molecular formula is C11H10ClNO6. The van der Waals surface area contributed by atoms with Crippen LogP contribution < -0.4 is 0 Å². The highest BCUT2D eigenvalue weighted by Crippen LogP contribution is 2.29. The van der Waals surface area contributed by atoms with E-state index in [9.17, 15) is 19.7 Å². The molecular weight excluding hydrogens is 278 g/mol. The number of carbonyl (C=O) groups excluding carboxylic acids is 2. The van der Waals surface area contributed by atoms with Crippen LogP contribution in [0.25, 0.3) is 0 Å². The average molecular weight is 288 g/mol. The molecule has 0 aliphatic rings. The first-order valence-corrected chi connectivity index (χ1v) is 5.47. The van der Waals surface area contributed by atoms with Gasteiger partial charge in [0.2, 0.25) is 0 Å². The third kappa shape index (κ3) is 4.22. The van der Waals surface area contributed by atoms with Gasteiger partial charge in [-0.15, -0.1) is 0 Å². The van der Waals surface area contributed by atoms with Gasteiger partial charge >= 0.3 is 11.9 Å². The van der Waals surface area contributed by atoms with E-state index in [-0.39, 0.29) is 16.3 Å². The van der Waals surface area contributed by atoms with E-state index >= 15 is 0 Å². The van der Waals surface area contributed by atoms with E-state index in [1.54, 1.807) is 0 Å². The van der Waals surface area contributed by atoms with E-state index in [0.29, 0.717) is 0 Å². The number of carbonyl (C=O) groups is 2. The maximum atomic E-state index is 10.9. The Kier molecular flexibility index (Phi) is 4.82. The maximum absolute atomic E-state index is 10.9. The summed E-state index contributed by atoms with van der Waals surface area (Å²) < 4.78 is 9.55. The van der Waals surface area contributed by atoms with Gasteiger partial charge in [0.05, 0.1) is 4.92 Å². The minimum Gasteiger partial charge on any atom is -0.421 e. The molecule has 0 unspecified atom stereocenters. The number of benzene rings is 1. The normalized spacial score (nSPS) is 10.1. The summed E-state index contributed by atoms with van der Waals surface area (Å²) in [7, 11) is 0. The predicted molar refractivity (Wildman–Crippen MR) is 64.4 cm³/mol. The Bertz CT molecular complexity index is 514.